The number of amides is 1. The van der Waals surface area contributed by atoms with E-state index in [1.807, 2.05) is 0 Å². The summed E-state index contributed by atoms with van der Waals surface area (Å²) in [5, 5.41) is 9.12. The molecule has 0 bridgehead atoms. The minimum Gasteiger partial charge on any atom is -0.465 e. The van der Waals surface area contributed by atoms with Gasteiger partial charge in [-0.25, -0.2) is 4.79 Å². The molecule has 7 heteroatoms. The number of hydrogen-bond acceptors (Lipinski definition) is 5. The molecule has 2 rings (SSSR count). The average Bonchev–Trinajstić information content (AvgIpc) is 2.79. The second-order valence-electron chi connectivity index (χ2n) is 4.13. The summed E-state index contributed by atoms with van der Waals surface area (Å²) < 4.78 is 4.59. The van der Waals surface area contributed by atoms with Gasteiger partial charge in [0.15, 0.2) is 5.69 Å². The Morgan fingerprint density at radius 3 is 2.45 bits per heavy atom. The van der Waals surface area contributed by atoms with Crippen molar-refractivity contribution in [2.24, 2.45) is 0 Å². The molecule has 0 saturated carbocycles. The van der Waals surface area contributed by atoms with E-state index < -0.39 is 11.9 Å². The number of rotatable bonds is 3. The van der Waals surface area contributed by atoms with Gasteiger partial charge < -0.3 is 15.8 Å². The standard InChI is InChI=1S/C13H14N4O3/c1-7-10(14)11(17-16-7)12(18)15-9-5-3-8(4-6-9)13(19)20-2/h3-6H,14H2,1-2H3,(H,15,18)(H,16,17). The van der Waals surface area contributed by atoms with E-state index in [4.69, 9.17) is 5.73 Å². The van der Waals surface area contributed by atoms with Crippen molar-refractivity contribution in [1.29, 1.82) is 0 Å². The van der Waals surface area contributed by atoms with Crippen LogP contribution in [0.15, 0.2) is 24.3 Å². The van der Waals surface area contributed by atoms with E-state index in [2.05, 4.69) is 20.3 Å². The Hall–Kier alpha value is -2.83. The highest BCUT2D eigenvalue weighted by Gasteiger charge is 2.15. The Labute approximate surface area is 115 Å². The third-order valence-corrected chi connectivity index (χ3v) is 2.77. The largest absolute Gasteiger partial charge is 0.465 e. The number of aryl methyl sites for hydroxylation is 1. The van der Waals surface area contributed by atoms with Gasteiger partial charge in [-0.3, -0.25) is 9.89 Å². The third kappa shape index (κ3) is 2.61. The molecule has 0 aliphatic heterocycles. The summed E-state index contributed by atoms with van der Waals surface area (Å²) in [6.07, 6.45) is 0. The molecule has 1 aromatic heterocycles. The second-order valence-corrected chi connectivity index (χ2v) is 4.13. The maximum atomic E-state index is 12.0. The second kappa shape index (κ2) is 5.43. The first kappa shape index (κ1) is 13.6. The Bertz CT molecular complexity index is 646. The molecule has 0 atom stereocenters. The number of H-pyrrole nitrogens is 1. The average molecular weight is 274 g/mol. The molecule has 20 heavy (non-hydrogen) atoms. The van der Waals surface area contributed by atoms with Gasteiger partial charge in [-0.15, -0.1) is 0 Å². The van der Waals surface area contributed by atoms with Crippen molar-refractivity contribution in [3.8, 4) is 0 Å². The number of anilines is 2. The number of hydrogen-bond donors (Lipinski definition) is 3. The van der Waals surface area contributed by atoms with Crippen LogP contribution in [0.3, 0.4) is 0 Å². The molecule has 1 aromatic carbocycles. The summed E-state index contributed by atoms with van der Waals surface area (Å²) in [7, 11) is 1.31. The van der Waals surface area contributed by atoms with Crippen LogP contribution in [-0.4, -0.2) is 29.2 Å². The summed E-state index contributed by atoms with van der Waals surface area (Å²) in [6, 6.07) is 6.31. The van der Waals surface area contributed by atoms with E-state index >= 15 is 0 Å². The maximum Gasteiger partial charge on any atom is 0.337 e. The number of methoxy groups -OCH3 is 1. The van der Waals surface area contributed by atoms with Crippen molar-refractivity contribution < 1.29 is 14.3 Å². The number of benzene rings is 1. The van der Waals surface area contributed by atoms with E-state index in [1.54, 1.807) is 31.2 Å². The molecule has 7 nitrogen and oxygen atoms in total. The first-order valence-electron chi connectivity index (χ1n) is 5.83. The van der Waals surface area contributed by atoms with Crippen LogP contribution in [0.2, 0.25) is 0 Å². The molecule has 1 amide bonds. The van der Waals surface area contributed by atoms with Crippen molar-refractivity contribution >= 4 is 23.3 Å². The fourth-order valence-corrected chi connectivity index (χ4v) is 1.61. The van der Waals surface area contributed by atoms with Crippen LogP contribution in [0.4, 0.5) is 11.4 Å². The summed E-state index contributed by atoms with van der Waals surface area (Å²) in [6.45, 7) is 1.73. The minimum absolute atomic E-state index is 0.138. The van der Waals surface area contributed by atoms with Crippen LogP contribution in [0.5, 0.6) is 0 Å². The minimum atomic E-state index is -0.435. The van der Waals surface area contributed by atoms with Crippen molar-refractivity contribution in [2.75, 3.05) is 18.2 Å². The zero-order chi connectivity index (χ0) is 14.7. The number of nitrogens with two attached hydrogens (primary N) is 1. The predicted octanol–water partition coefficient (Wildman–Crippen LogP) is 1.34. The molecule has 0 radical (unpaired) electrons. The molecule has 1 heterocycles. The molecule has 0 saturated heterocycles. The number of nitrogens with zero attached hydrogens (tertiary/aromatic N) is 1. The van der Waals surface area contributed by atoms with Crippen LogP contribution >= 0.6 is 0 Å². The summed E-state index contributed by atoms with van der Waals surface area (Å²) in [4.78, 5) is 23.2. The van der Waals surface area contributed by atoms with Crippen molar-refractivity contribution in [1.82, 2.24) is 10.2 Å². The Morgan fingerprint density at radius 2 is 1.95 bits per heavy atom. The number of esters is 1. The van der Waals surface area contributed by atoms with Crippen LogP contribution in [0, 0.1) is 6.92 Å². The van der Waals surface area contributed by atoms with E-state index in [9.17, 15) is 9.59 Å². The van der Waals surface area contributed by atoms with E-state index in [0.717, 1.165) is 0 Å². The maximum absolute atomic E-state index is 12.0. The Kier molecular flexibility index (Phi) is 3.69. The quantitative estimate of drug-likeness (QED) is 0.731. The van der Waals surface area contributed by atoms with Crippen LogP contribution in [0.1, 0.15) is 26.5 Å². The van der Waals surface area contributed by atoms with Gasteiger partial charge in [0, 0.05) is 5.69 Å². The predicted molar refractivity (Wildman–Crippen MR) is 73.5 cm³/mol. The van der Waals surface area contributed by atoms with Gasteiger partial charge in [0.25, 0.3) is 5.91 Å². The van der Waals surface area contributed by atoms with Gasteiger partial charge in [0.1, 0.15) is 0 Å². The van der Waals surface area contributed by atoms with Gasteiger partial charge in [-0.05, 0) is 31.2 Å². The van der Waals surface area contributed by atoms with E-state index in [1.165, 1.54) is 7.11 Å². The number of carbonyl (C=O) groups is 2. The molecular weight excluding hydrogens is 260 g/mol. The van der Waals surface area contributed by atoms with Crippen molar-refractivity contribution in [3.05, 3.63) is 41.2 Å². The number of nitrogen functional groups attached to an aromatic ring is 1. The molecule has 0 aliphatic rings. The third-order valence-electron chi connectivity index (χ3n) is 2.77. The zero-order valence-electron chi connectivity index (χ0n) is 11.1. The molecule has 0 aliphatic carbocycles. The van der Waals surface area contributed by atoms with E-state index in [0.29, 0.717) is 22.6 Å². The number of nitrogens with one attached hydrogen (secondary N) is 2. The van der Waals surface area contributed by atoms with Gasteiger partial charge in [-0.1, -0.05) is 0 Å². The van der Waals surface area contributed by atoms with Crippen LogP contribution in [-0.2, 0) is 4.74 Å². The number of aromatic amines is 1. The lowest BCUT2D eigenvalue weighted by molar-refractivity contribution is 0.0600. The Morgan fingerprint density at radius 1 is 1.30 bits per heavy atom. The highest BCUT2D eigenvalue weighted by atomic mass is 16.5. The highest BCUT2D eigenvalue weighted by molar-refractivity contribution is 6.06. The molecule has 4 N–H and O–H groups in total. The van der Waals surface area contributed by atoms with Gasteiger partial charge in [0.2, 0.25) is 0 Å². The molecule has 0 spiro atoms. The molecule has 104 valence electrons. The molecule has 2 aromatic rings. The first-order valence-corrected chi connectivity index (χ1v) is 5.83. The lowest BCUT2D eigenvalue weighted by atomic mass is 10.2. The normalized spacial score (nSPS) is 10.1. The van der Waals surface area contributed by atoms with Gasteiger partial charge >= 0.3 is 5.97 Å². The lowest BCUT2D eigenvalue weighted by Crippen LogP contribution is -2.14. The smallest absolute Gasteiger partial charge is 0.337 e. The number of ether oxygens (including phenoxy) is 1. The molecule has 0 unspecified atom stereocenters. The van der Waals surface area contributed by atoms with Crippen molar-refractivity contribution in [3.63, 3.8) is 0 Å². The highest BCUT2D eigenvalue weighted by Crippen LogP contribution is 2.16. The number of carbonyl (C=O) groups excluding carboxylic acids is 2. The van der Waals surface area contributed by atoms with E-state index in [-0.39, 0.29) is 5.69 Å². The summed E-state index contributed by atoms with van der Waals surface area (Å²) in [5.74, 6) is -0.854. The Balaban J connectivity index is 2.12. The fraction of sp³-hybridized carbons (Fsp3) is 0.154. The topological polar surface area (TPSA) is 110 Å². The molecule has 0 fully saturated rings. The van der Waals surface area contributed by atoms with Crippen molar-refractivity contribution in [2.45, 2.75) is 6.92 Å². The monoisotopic (exact) mass is 274 g/mol. The van der Waals surface area contributed by atoms with Crippen LogP contribution in [0.25, 0.3) is 0 Å². The number of aromatic nitrogens is 2. The fourth-order valence-electron chi connectivity index (χ4n) is 1.61. The van der Waals surface area contributed by atoms with Gasteiger partial charge in [0.05, 0.1) is 24.1 Å². The lowest BCUT2D eigenvalue weighted by Gasteiger charge is -2.05. The summed E-state index contributed by atoms with van der Waals surface area (Å²) >= 11 is 0. The molecular formula is C13H14N4O3. The zero-order valence-corrected chi connectivity index (χ0v) is 11.1. The van der Waals surface area contributed by atoms with Gasteiger partial charge in [-0.2, -0.15) is 5.10 Å². The SMILES string of the molecule is COC(=O)c1ccc(NC(=O)c2n[nH]c(C)c2N)cc1. The first-order chi connectivity index (χ1) is 9.52. The summed E-state index contributed by atoms with van der Waals surface area (Å²) in [5.41, 5.74) is 7.74. The van der Waals surface area contributed by atoms with Crippen LogP contribution < -0.4 is 11.1 Å².